The van der Waals surface area contributed by atoms with Crippen LogP contribution in [0.2, 0.25) is 0 Å². The molecular weight excluding hydrogens is 537 g/mol. The number of benzene rings is 2. The van der Waals surface area contributed by atoms with E-state index in [4.69, 9.17) is 5.26 Å². The average molecular weight is 573 g/mol. The summed E-state index contributed by atoms with van der Waals surface area (Å²) >= 11 is 0. The van der Waals surface area contributed by atoms with E-state index in [9.17, 15) is 33.5 Å². The SMILES string of the molecule is Cc1c(N2[C@@H]3CC[C@H]2C[C@@H](O)C3)ccc([N+](=O)[O-])c1C.N#Cc1ccc(N2[C@@H]3CC[C@H]2C[C@@H](O)C3)cc1C(F)(F)F. The van der Waals surface area contributed by atoms with Crippen LogP contribution in [-0.2, 0) is 6.18 Å². The van der Waals surface area contributed by atoms with Crippen molar-refractivity contribution in [3.8, 4) is 6.07 Å². The molecule has 2 aromatic rings. The van der Waals surface area contributed by atoms with Crippen LogP contribution in [0.25, 0.3) is 0 Å². The largest absolute Gasteiger partial charge is 0.417 e. The Kier molecular flexibility index (Phi) is 7.92. The van der Waals surface area contributed by atoms with Crippen molar-refractivity contribution < 1.29 is 28.3 Å². The molecule has 2 aromatic carbocycles. The van der Waals surface area contributed by atoms with Crippen LogP contribution in [0.5, 0.6) is 0 Å². The lowest BCUT2D eigenvalue weighted by atomic mass is 9.96. The van der Waals surface area contributed by atoms with Gasteiger partial charge in [0.1, 0.15) is 0 Å². The molecule has 0 aromatic heterocycles. The Hall–Kier alpha value is -3.36. The number of fused-ring (bicyclic) bond motifs is 4. The summed E-state index contributed by atoms with van der Waals surface area (Å²) in [6.45, 7) is 3.78. The van der Waals surface area contributed by atoms with Gasteiger partial charge >= 0.3 is 6.18 Å². The van der Waals surface area contributed by atoms with Gasteiger partial charge in [-0.3, -0.25) is 10.1 Å². The van der Waals surface area contributed by atoms with Gasteiger partial charge in [0, 0.05) is 47.2 Å². The lowest BCUT2D eigenvalue weighted by Crippen LogP contribution is -2.45. The summed E-state index contributed by atoms with van der Waals surface area (Å²) in [4.78, 5) is 15.1. The van der Waals surface area contributed by atoms with Crippen LogP contribution >= 0.6 is 0 Å². The summed E-state index contributed by atoms with van der Waals surface area (Å²) in [6, 6.07) is 9.92. The number of halogens is 3. The van der Waals surface area contributed by atoms with E-state index in [0.717, 1.165) is 61.4 Å². The van der Waals surface area contributed by atoms with Gasteiger partial charge in [0.05, 0.1) is 34.3 Å². The highest BCUT2D eigenvalue weighted by Crippen LogP contribution is 2.43. The minimum absolute atomic E-state index is 0.0905. The van der Waals surface area contributed by atoms with Crippen LogP contribution in [0, 0.1) is 35.3 Å². The Bertz CT molecular complexity index is 1330. The summed E-state index contributed by atoms with van der Waals surface area (Å²) in [5.41, 5.74) is 2.30. The Morgan fingerprint density at radius 3 is 1.85 bits per heavy atom. The lowest BCUT2D eigenvalue weighted by Gasteiger charge is -2.40. The van der Waals surface area contributed by atoms with Crippen molar-refractivity contribution in [3.63, 3.8) is 0 Å². The number of nitrogens with zero attached hydrogens (tertiary/aromatic N) is 4. The summed E-state index contributed by atoms with van der Waals surface area (Å²) in [6.07, 6.45) is 1.73. The molecule has 8 nitrogen and oxygen atoms in total. The fourth-order valence-electron chi connectivity index (χ4n) is 7.41. The first-order chi connectivity index (χ1) is 19.4. The third-order valence-electron chi connectivity index (χ3n) is 9.35. The number of aliphatic hydroxyl groups is 2. The van der Waals surface area contributed by atoms with Gasteiger partial charge in [0.2, 0.25) is 0 Å². The minimum atomic E-state index is -4.53. The van der Waals surface area contributed by atoms with Crippen molar-refractivity contribution in [2.24, 2.45) is 0 Å². The zero-order valence-electron chi connectivity index (χ0n) is 23.1. The maximum Gasteiger partial charge on any atom is 0.417 e. The van der Waals surface area contributed by atoms with E-state index < -0.39 is 11.7 Å². The van der Waals surface area contributed by atoms with E-state index in [1.165, 1.54) is 6.07 Å². The molecule has 220 valence electrons. The van der Waals surface area contributed by atoms with Gasteiger partial charge in [0.15, 0.2) is 0 Å². The Morgan fingerprint density at radius 2 is 1.39 bits per heavy atom. The second kappa shape index (κ2) is 11.1. The zero-order chi connectivity index (χ0) is 29.6. The molecule has 0 radical (unpaired) electrons. The highest BCUT2D eigenvalue weighted by molar-refractivity contribution is 5.64. The summed E-state index contributed by atoms with van der Waals surface area (Å²) in [7, 11) is 0. The number of alkyl halides is 3. The predicted molar refractivity (Wildman–Crippen MR) is 148 cm³/mol. The van der Waals surface area contributed by atoms with Gasteiger partial charge in [-0.05, 0) is 95.0 Å². The summed E-state index contributed by atoms with van der Waals surface area (Å²) < 4.78 is 39.1. The van der Waals surface area contributed by atoms with Gasteiger partial charge < -0.3 is 20.0 Å². The number of anilines is 2. The first-order valence-corrected chi connectivity index (χ1v) is 14.2. The van der Waals surface area contributed by atoms with Crippen LogP contribution in [0.15, 0.2) is 30.3 Å². The van der Waals surface area contributed by atoms with Crippen LogP contribution in [0.1, 0.15) is 73.6 Å². The number of piperidine rings is 2. The van der Waals surface area contributed by atoms with Gasteiger partial charge in [-0.25, -0.2) is 0 Å². The topological polar surface area (TPSA) is 114 Å². The van der Waals surface area contributed by atoms with Crippen molar-refractivity contribution in [1.29, 1.82) is 5.26 Å². The van der Waals surface area contributed by atoms with Gasteiger partial charge in [0.25, 0.3) is 5.69 Å². The van der Waals surface area contributed by atoms with Crippen molar-refractivity contribution in [3.05, 3.63) is 62.7 Å². The van der Waals surface area contributed by atoms with Crippen molar-refractivity contribution in [2.75, 3.05) is 9.80 Å². The number of nitro benzene ring substituents is 1. The molecule has 4 bridgehead atoms. The number of aliphatic hydroxyl groups excluding tert-OH is 2. The van der Waals surface area contributed by atoms with Crippen molar-refractivity contribution in [2.45, 2.75) is 108 Å². The monoisotopic (exact) mass is 572 g/mol. The van der Waals surface area contributed by atoms with E-state index in [1.807, 2.05) is 24.8 Å². The molecule has 4 fully saturated rings. The molecule has 0 aliphatic carbocycles. The number of nitriles is 1. The Morgan fingerprint density at radius 1 is 0.878 bits per heavy atom. The number of hydrogen-bond acceptors (Lipinski definition) is 7. The van der Waals surface area contributed by atoms with Crippen molar-refractivity contribution >= 4 is 17.1 Å². The minimum Gasteiger partial charge on any atom is -0.393 e. The normalized spacial score (nSPS) is 28.6. The third-order valence-corrected chi connectivity index (χ3v) is 9.35. The number of rotatable bonds is 3. The number of nitro groups is 1. The molecule has 4 saturated heterocycles. The summed E-state index contributed by atoms with van der Waals surface area (Å²) in [5.74, 6) is 0. The van der Waals surface area contributed by atoms with Crippen LogP contribution in [-0.4, -0.2) is 51.5 Å². The fourth-order valence-corrected chi connectivity index (χ4v) is 7.41. The second-order valence-corrected chi connectivity index (χ2v) is 11.8. The van der Waals surface area contributed by atoms with Gasteiger partial charge in [-0.15, -0.1) is 0 Å². The van der Waals surface area contributed by atoms with Crippen LogP contribution < -0.4 is 9.80 Å². The fraction of sp³-hybridized carbons (Fsp3) is 0.567. The highest BCUT2D eigenvalue weighted by Gasteiger charge is 2.42. The van der Waals surface area contributed by atoms with E-state index in [0.29, 0.717) is 30.6 Å². The first kappa shape index (κ1) is 29.1. The van der Waals surface area contributed by atoms with Gasteiger partial charge in [-0.1, -0.05) is 0 Å². The molecule has 4 aliphatic heterocycles. The molecule has 41 heavy (non-hydrogen) atoms. The highest BCUT2D eigenvalue weighted by atomic mass is 19.4. The average Bonchev–Trinajstić information content (AvgIpc) is 3.33. The summed E-state index contributed by atoms with van der Waals surface area (Å²) in [5, 5.41) is 39.5. The molecular formula is C30H35F3N4O4. The Labute approximate surface area is 237 Å². The van der Waals surface area contributed by atoms with E-state index in [2.05, 4.69) is 4.90 Å². The van der Waals surface area contributed by atoms with Gasteiger partial charge in [-0.2, -0.15) is 18.4 Å². The quantitative estimate of drug-likeness (QED) is 0.354. The molecule has 6 rings (SSSR count). The Balaban J connectivity index is 0.000000165. The van der Waals surface area contributed by atoms with Crippen LogP contribution in [0.4, 0.5) is 30.2 Å². The van der Waals surface area contributed by atoms with E-state index in [-0.39, 0.29) is 40.5 Å². The number of hydrogen-bond donors (Lipinski definition) is 2. The molecule has 0 amide bonds. The smallest absolute Gasteiger partial charge is 0.393 e. The van der Waals surface area contributed by atoms with E-state index in [1.54, 1.807) is 18.2 Å². The zero-order valence-corrected chi connectivity index (χ0v) is 23.1. The van der Waals surface area contributed by atoms with Crippen LogP contribution in [0.3, 0.4) is 0 Å². The standard InChI is InChI=1S/C15H15F3N2O.C15H20N2O3/c16-15(17,18)14-7-12(2-1-9(14)8-19)20-10-3-4-11(20)6-13(21)5-10;1-9-10(2)15(17(19)20)6-5-14(9)16-11-3-4-12(16)8-13(18)7-11/h1-2,7,10-11,13,21H,3-6H2;5-6,11-13,18H,3-4,7-8H2,1-2H3/t10-,11+,13+;11-,12+,13+. The molecule has 6 atom stereocenters. The first-order valence-electron chi connectivity index (χ1n) is 14.2. The lowest BCUT2D eigenvalue weighted by molar-refractivity contribution is -0.385. The molecule has 4 heterocycles. The molecule has 0 unspecified atom stereocenters. The molecule has 4 aliphatic rings. The maximum atomic E-state index is 13.0. The molecule has 0 spiro atoms. The molecule has 2 N–H and O–H groups in total. The molecule has 0 saturated carbocycles. The predicted octanol–water partition coefficient (Wildman–Crippen LogP) is 5.77. The second-order valence-electron chi connectivity index (χ2n) is 11.8. The van der Waals surface area contributed by atoms with E-state index >= 15 is 0 Å². The molecule has 11 heteroatoms. The maximum absolute atomic E-state index is 13.0. The third kappa shape index (κ3) is 5.60. The van der Waals surface area contributed by atoms with Crippen molar-refractivity contribution in [1.82, 2.24) is 0 Å².